The van der Waals surface area contributed by atoms with Crippen LogP contribution in [0, 0.1) is 5.92 Å². The predicted octanol–water partition coefficient (Wildman–Crippen LogP) is 1.51. The van der Waals surface area contributed by atoms with Crippen LogP contribution in [0.4, 0.5) is 0 Å². The molecule has 102 valence electrons. The number of benzene rings is 1. The Hall–Kier alpha value is -0.910. The highest BCUT2D eigenvalue weighted by Gasteiger charge is 2.16. The van der Waals surface area contributed by atoms with E-state index < -0.39 is 10.0 Å². The van der Waals surface area contributed by atoms with E-state index in [1.54, 1.807) is 19.1 Å². The van der Waals surface area contributed by atoms with Crippen molar-refractivity contribution < 1.29 is 8.42 Å². The molecule has 0 spiro atoms. The molecule has 1 atom stereocenters. The van der Waals surface area contributed by atoms with Crippen molar-refractivity contribution in [2.75, 3.05) is 6.54 Å². The molecule has 0 radical (unpaired) electrons. The molecule has 0 aliphatic rings. The fraction of sp³-hybridized carbons (Fsp3) is 0.538. The van der Waals surface area contributed by atoms with Crippen LogP contribution in [0.15, 0.2) is 29.2 Å². The van der Waals surface area contributed by atoms with E-state index >= 15 is 0 Å². The molecule has 0 aliphatic carbocycles. The van der Waals surface area contributed by atoms with Gasteiger partial charge in [-0.2, -0.15) is 0 Å². The zero-order valence-corrected chi connectivity index (χ0v) is 12.0. The molecule has 0 saturated heterocycles. The normalized spacial score (nSPS) is 13.8. The van der Waals surface area contributed by atoms with Gasteiger partial charge in [0.15, 0.2) is 0 Å². The Labute approximate surface area is 110 Å². The lowest BCUT2D eigenvalue weighted by Crippen LogP contribution is -2.37. The number of hydrogen-bond donors (Lipinski definition) is 2. The van der Waals surface area contributed by atoms with Gasteiger partial charge in [0.25, 0.3) is 0 Å². The first kappa shape index (κ1) is 15.1. The van der Waals surface area contributed by atoms with Crippen molar-refractivity contribution >= 4 is 10.0 Å². The largest absolute Gasteiger partial charge is 0.329 e. The van der Waals surface area contributed by atoms with Gasteiger partial charge in [-0.25, -0.2) is 13.1 Å². The second-order valence-corrected chi connectivity index (χ2v) is 6.71. The Balaban J connectivity index is 2.84. The maximum atomic E-state index is 12.0. The number of hydrogen-bond acceptors (Lipinski definition) is 3. The van der Waals surface area contributed by atoms with Crippen molar-refractivity contribution in [3.05, 3.63) is 29.8 Å². The van der Waals surface area contributed by atoms with E-state index in [4.69, 9.17) is 5.73 Å². The molecule has 0 amide bonds. The summed E-state index contributed by atoms with van der Waals surface area (Å²) in [7, 11) is -3.45. The number of rotatable bonds is 6. The van der Waals surface area contributed by atoms with Gasteiger partial charge in [-0.15, -0.1) is 0 Å². The summed E-state index contributed by atoms with van der Waals surface area (Å²) in [5.74, 6) is 0.558. The third-order valence-electron chi connectivity index (χ3n) is 2.59. The molecule has 5 heteroatoms. The second kappa shape index (κ2) is 6.31. The number of nitrogens with one attached hydrogen (secondary N) is 1. The fourth-order valence-electron chi connectivity index (χ4n) is 1.66. The summed E-state index contributed by atoms with van der Waals surface area (Å²) < 4.78 is 26.5. The summed E-state index contributed by atoms with van der Waals surface area (Å²) >= 11 is 0. The molecular formula is C13H22N2O2S. The molecule has 0 fully saturated rings. The SMILES string of the molecule is CC(C)Cc1ccc(S(=O)(=O)N[C@H](C)CN)cc1. The molecule has 18 heavy (non-hydrogen) atoms. The van der Waals surface area contributed by atoms with Crippen LogP contribution >= 0.6 is 0 Å². The lowest BCUT2D eigenvalue weighted by molar-refractivity contribution is 0.562. The predicted molar refractivity (Wildman–Crippen MR) is 73.8 cm³/mol. The van der Waals surface area contributed by atoms with Gasteiger partial charge in [-0.1, -0.05) is 26.0 Å². The molecular weight excluding hydrogens is 248 g/mol. The van der Waals surface area contributed by atoms with E-state index in [9.17, 15) is 8.42 Å². The molecule has 1 rings (SSSR count). The van der Waals surface area contributed by atoms with Gasteiger partial charge in [-0.3, -0.25) is 0 Å². The van der Waals surface area contributed by atoms with Crippen molar-refractivity contribution in [3.8, 4) is 0 Å². The third kappa shape index (κ3) is 4.40. The minimum absolute atomic E-state index is 0.259. The number of sulfonamides is 1. The van der Waals surface area contributed by atoms with Crippen LogP contribution in [0.3, 0.4) is 0 Å². The smallest absolute Gasteiger partial charge is 0.240 e. The second-order valence-electron chi connectivity index (χ2n) is 5.00. The Bertz CT molecular complexity index is 466. The maximum Gasteiger partial charge on any atom is 0.240 e. The van der Waals surface area contributed by atoms with Gasteiger partial charge in [0.1, 0.15) is 0 Å². The van der Waals surface area contributed by atoms with Crippen LogP contribution in [-0.4, -0.2) is 21.0 Å². The van der Waals surface area contributed by atoms with Crippen molar-refractivity contribution in [3.63, 3.8) is 0 Å². The molecule has 0 unspecified atom stereocenters. The molecule has 0 heterocycles. The first-order valence-corrected chi connectivity index (χ1v) is 7.65. The highest BCUT2D eigenvalue weighted by molar-refractivity contribution is 7.89. The highest BCUT2D eigenvalue weighted by Crippen LogP contribution is 2.13. The molecule has 0 bridgehead atoms. The lowest BCUT2D eigenvalue weighted by atomic mass is 10.0. The first-order chi connectivity index (χ1) is 8.35. The lowest BCUT2D eigenvalue weighted by Gasteiger charge is -2.12. The van der Waals surface area contributed by atoms with E-state index in [0.717, 1.165) is 12.0 Å². The summed E-state index contributed by atoms with van der Waals surface area (Å²) in [4.78, 5) is 0.287. The van der Waals surface area contributed by atoms with Gasteiger partial charge in [0.2, 0.25) is 10.0 Å². The van der Waals surface area contributed by atoms with Crippen LogP contribution in [0.5, 0.6) is 0 Å². The van der Waals surface area contributed by atoms with Crippen molar-refractivity contribution in [1.29, 1.82) is 0 Å². The van der Waals surface area contributed by atoms with Crippen LogP contribution < -0.4 is 10.5 Å². The summed E-state index contributed by atoms with van der Waals surface area (Å²) in [6.07, 6.45) is 0.951. The Morgan fingerprint density at radius 1 is 1.17 bits per heavy atom. The molecule has 3 N–H and O–H groups in total. The van der Waals surface area contributed by atoms with E-state index in [2.05, 4.69) is 18.6 Å². The first-order valence-electron chi connectivity index (χ1n) is 6.16. The van der Waals surface area contributed by atoms with Crippen LogP contribution in [0.1, 0.15) is 26.3 Å². The molecule has 0 aliphatic heterocycles. The number of nitrogens with two attached hydrogens (primary N) is 1. The molecule has 1 aromatic rings. The van der Waals surface area contributed by atoms with Crippen molar-refractivity contribution in [2.24, 2.45) is 11.7 Å². The Kier molecular flexibility index (Phi) is 5.31. The Morgan fingerprint density at radius 2 is 1.72 bits per heavy atom. The average molecular weight is 270 g/mol. The fourth-order valence-corrected chi connectivity index (χ4v) is 2.91. The average Bonchev–Trinajstić information content (AvgIpc) is 2.28. The minimum Gasteiger partial charge on any atom is -0.329 e. The topological polar surface area (TPSA) is 72.2 Å². The van der Waals surface area contributed by atoms with Gasteiger partial charge < -0.3 is 5.73 Å². The third-order valence-corrected chi connectivity index (χ3v) is 4.19. The molecule has 4 nitrogen and oxygen atoms in total. The molecule has 0 aromatic heterocycles. The van der Waals surface area contributed by atoms with Crippen LogP contribution in [-0.2, 0) is 16.4 Å². The summed E-state index contributed by atoms with van der Waals surface area (Å²) in [6, 6.07) is 6.75. The van der Waals surface area contributed by atoms with E-state index in [1.165, 1.54) is 0 Å². The van der Waals surface area contributed by atoms with Gasteiger partial charge in [0.05, 0.1) is 4.90 Å². The van der Waals surface area contributed by atoms with E-state index in [0.29, 0.717) is 5.92 Å². The quantitative estimate of drug-likeness (QED) is 0.823. The molecule has 0 saturated carbocycles. The summed E-state index contributed by atoms with van der Waals surface area (Å²) in [5.41, 5.74) is 6.56. The Morgan fingerprint density at radius 3 is 2.17 bits per heavy atom. The van der Waals surface area contributed by atoms with E-state index in [-0.39, 0.29) is 17.5 Å². The van der Waals surface area contributed by atoms with Crippen LogP contribution in [0.2, 0.25) is 0 Å². The summed E-state index contributed by atoms with van der Waals surface area (Å²) in [5, 5.41) is 0. The zero-order chi connectivity index (χ0) is 13.8. The van der Waals surface area contributed by atoms with Crippen LogP contribution in [0.25, 0.3) is 0 Å². The van der Waals surface area contributed by atoms with Crippen molar-refractivity contribution in [1.82, 2.24) is 4.72 Å². The standard InChI is InChI=1S/C13H22N2O2S/c1-10(2)8-12-4-6-13(7-5-12)18(16,17)15-11(3)9-14/h4-7,10-11,15H,8-9,14H2,1-3H3/t11-/m1/s1. The van der Waals surface area contributed by atoms with Crippen molar-refractivity contribution in [2.45, 2.75) is 38.1 Å². The van der Waals surface area contributed by atoms with E-state index in [1.807, 2.05) is 12.1 Å². The summed E-state index contributed by atoms with van der Waals surface area (Å²) in [6.45, 7) is 6.29. The zero-order valence-electron chi connectivity index (χ0n) is 11.2. The van der Waals surface area contributed by atoms with Gasteiger partial charge in [-0.05, 0) is 37.0 Å². The van der Waals surface area contributed by atoms with Gasteiger partial charge in [0, 0.05) is 12.6 Å². The maximum absolute atomic E-state index is 12.0. The van der Waals surface area contributed by atoms with Gasteiger partial charge >= 0.3 is 0 Å². The monoisotopic (exact) mass is 270 g/mol. The molecule has 1 aromatic carbocycles. The highest BCUT2D eigenvalue weighted by atomic mass is 32.2. The minimum atomic E-state index is -3.45.